The highest BCUT2D eigenvalue weighted by molar-refractivity contribution is 6.07. The fraction of sp³-hybridized carbons (Fsp3) is 0.194. The summed E-state index contributed by atoms with van der Waals surface area (Å²) in [4.78, 5) is 17.3. The number of hydrogen-bond donors (Lipinski definition) is 2. The molecule has 5 aromatic rings. The Bertz CT molecular complexity index is 1590. The Morgan fingerprint density at radius 2 is 1.61 bits per heavy atom. The zero-order chi connectivity index (χ0) is 26.7. The predicted molar refractivity (Wildman–Crippen MR) is 152 cm³/mol. The summed E-state index contributed by atoms with van der Waals surface area (Å²) in [5.41, 5.74) is 4.41. The van der Waals surface area contributed by atoms with Crippen LogP contribution in [0.25, 0.3) is 16.5 Å². The highest BCUT2D eigenvalue weighted by Crippen LogP contribution is 2.33. The Hall–Kier alpha value is -4.65. The van der Waals surface area contributed by atoms with Gasteiger partial charge in [0.25, 0.3) is 0 Å². The van der Waals surface area contributed by atoms with Crippen LogP contribution in [0.5, 0.6) is 5.75 Å². The molecule has 2 amide bonds. The number of nitrogens with zero attached hydrogens (tertiary/aromatic N) is 3. The van der Waals surface area contributed by atoms with Gasteiger partial charge in [-0.25, -0.2) is 9.48 Å². The SMILES string of the molecule is Cc1ccccc1-n1nc(C(C)(C)C)cc1NC(=O)Nc1ccc(OCc2ccncc2)c2ccccc12. The highest BCUT2D eigenvalue weighted by atomic mass is 16.5. The van der Waals surface area contributed by atoms with Crippen molar-refractivity contribution in [3.05, 3.63) is 108 Å². The first-order valence-corrected chi connectivity index (χ1v) is 12.6. The average Bonchev–Trinajstić information content (AvgIpc) is 3.33. The third-order valence-corrected chi connectivity index (χ3v) is 6.34. The number of benzene rings is 3. The van der Waals surface area contributed by atoms with Gasteiger partial charge in [0, 0.05) is 34.6 Å². The van der Waals surface area contributed by atoms with Crippen LogP contribution >= 0.6 is 0 Å². The lowest BCUT2D eigenvalue weighted by molar-refractivity contribution is 0.262. The van der Waals surface area contributed by atoms with Crippen LogP contribution in [-0.2, 0) is 12.0 Å². The van der Waals surface area contributed by atoms with Crippen LogP contribution in [0.1, 0.15) is 37.6 Å². The van der Waals surface area contributed by atoms with E-state index >= 15 is 0 Å². The standard InChI is InChI=1S/C31H31N5O2/c1-21-9-5-8-12-26(21)36-29(19-28(35-36)31(2,3)4)34-30(37)33-25-13-14-27(24-11-7-6-10-23(24)25)38-20-22-15-17-32-18-16-22/h5-19H,20H2,1-4H3,(H2,33,34,37). The molecule has 0 aliphatic carbocycles. The first-order chi connectivity index (χ1) is 18.3. The summed E-state index contributed by atoms with van der Waals surface area (Å²) < 4.78 is 7.90. The normalized spacial score (nSPS) is 11.4. The van der Waals surface area contributed by atoms with E-state index in [1.54, 1.807) is 17.1 Å². The zero-order valence-electron chi connectivity index (χ0n) is 22.0. The van der Waals surface area contributed by atoms with Gasteiger partial charge in [0.05, 0.1) is 17.1 Å². The minimum atomic E-state index is -0.351. The van der Waals surface area contributed by atoms with Crippen LogP contribution in [0, 0.1) is 6.92 Å². The molecule has 0 unspecified atom stereocenters. The summed E-state index contributed by atoms with van der Waals surface area (Å²) in [5, 5.41) is 12.7. The first kappa shape index (κ1) is 25.0. The number of hydrogen-bond acceptors (Lipinski definition) is 4. The molecule has 0 saturated heterocycles. The molecule has 2 N–H and O–H groups in total. The predicted octanol–water partition coefficient (Wildman–Crippen LogP) is 7.25. The Balaban J connectivity index is 1.41. The Morgan fingerprint density at radius 1 is 0.895 bits per heavy atom. The number of fused-ring (bicyclic) bond motifs is 1. The molecule has 0 saturated carbocycles. The van der Waals surface area contributed by atoms with Crippen LogP contribution in [0.2, 0.25) is 0 Å². The molecule has 3 aromatic carbocycles. The van der Waals surface area contributed by atoms with Crippen molar-refractivity contribution in [2.24, 2.45) is 0 Å². The van der Waals surface area contributed by atoms with Crippen molar-refractivity contribution in [2.45, 2.75) is 39.7 Å². The fourth-order valence-electron chi connectivity index (χ4n) is 4.24. The second kappa shape index (κ2) is 10.4. The fourth-order valence-corrected chi connectivity index (χ4v) is 4.24. The van der Waals surface area contributed by atoms with Gasteiger partial charge < -0.3 is 10.1 Å². The van der Waals surface area contributed by atoms with Crippen LogP contribution in [0.15, 0.2) is 91.3 Å². The van der Waals surface area contributed by atoms with Gasteiger partial charge in [-0.05, 0) is 48.4 Å². The van der Waals surface area contributed by atoms with Gasteiger partial charge in [-0.3, -0.25) is 10.3 Å². The molecule has 0 aliphatic heterocycles. The number of urea groups is 1. The molecule has 38 heavy (non-hydrogen) atoms. The molecular weight excluding hydrogens is 474 g/mol. The number of rotatable bonds is 6. The highest BCUT2D eigenvalue weighted by Gasteiger charge is 2.22. The molecule has 0 spiro atoms. The van der Waals surface area contributed by atoms with E-state index < -0.39 is 0 Å². The van der Waals surface area contributed by atoms with Crippen molar-refractivity contribution in [3.63, 3.8) is 0 Å². The van der Waals surface area contributed by atoms with E-state index in [1.807, 2.05) is 85.8 Å². The van der Waals surface area contributed by atoms with E-state index in [2.05, 4.69) is 36.4 Å². The number of carbonyl (C=O) groups is 1. The largest absolute Gasteiger partial charge is 0.488 e. The summed E-state index contributed by atoms with van der Waals surface area (Å²) in [5.74, 6) is 1.35. The maximum absolute atomic E-state index is 13.2. The Labute approximate surface area is 222 Å². The van der Waals surface area contributed by atoms with Gasteiger partial charge in [-0.2, -0.15) is 5.10 Å². The van der Waals surface area contributed by atoms with E-state index in [0.717, 1.165) is 39.0 Å². The molecule has 0 aliphatic rings. The first-order valence-electron chi connectivity index (χ1n) is 12.6. The van der Waals surface area contributed by atoms with Gasteiger partial charge in [0.1, 0.15) is 18.2 Å². The number of aryl methyl sites for hydroxylation is 1. The van der Waals surface area contributed by atoms with E-state index in [-0.39, 0.29) is 11.4 Å². The number of nitrogens with one attached hydrogen (secondary N) is 2. The van der Waals surface area contributed by atoms with Gasteiger partial charge in [0.15, 0.2) is 0 Å². The second-order valence-corrected chi connectivity index (χ2v) is 10.2. The monoisotopic (exact) mass is 505 g/mol. The van der Waals surface area contributed by atoms with Crippen molar-refractivity contribution in [2.75, 3.05) is 10.6 Å². The third kappa shape index (κ3) is 5.37. The van der Waals surface area contributed by atoms with Crippen molar-refractivity contribution in [3.8, 4) is 11.4 Å². The molecule has 0 fully saturated rings. The summed E-state index contributed by atoms with van der Waals surface area (Å²) >= 11 is 0. The van der Waals surface area contributed by atoms with Crippen LogP contribution in [-0.4, -0.2) is 20.8 Å². The lowest BCUT2D eigenvalue weighted by atomic mass is 9.92. The van der Waals surface area contributed by atoms with E-state index in [0.29, 0.717) is 18.1 Å². The van der Waals surface area contributed by atoms with Crippen molar-refractivity contribution < 1.29 is 9.53 Å². The number of pyridine rings is 1. The molecule has 5 rings (SSSR count). The zero-order valence-corrected chi connectivity index (χ0v) is 22.0. The van der Waals surface area contributed by atoms with Gasteiger partial charge in [-0.15, -0.1) is 0 Å². The minimum Gasteiger partial charge on any atom is -0.488 e. The topological polar surface area (TPSA) is 81.1 Å². The molecule has 7 nitrogen and oxygen atoms in total. The van der Waals surface area contributed by atoms with Crippen molar-refractivity contribution in [1.82, 2.24) is 14.8 Å². The number of anilines is 2. The number of aromatic nitrogens is 3. The van der Waals surface area contributed by atoms with Gasteiger partial charge in [-0.1, -0.05) is 63.2 Å². The minimum absolute atomic E-state index is 0.177. The lowest BCUT2D eigenvalue weighted by Gasteiger charge is -2.15. The third-order valence-electron chi connectivity index (χ3n) is 6.34. The van der Waals surface area contributed by atoms with Crippen LogP contribution in [0.3, 0.4) is 0 Å². The number of carbonyl (C=O) groups excluding carboxylic acids is 1. The molecule has 0 radical (unpaired) electrons. The number of para-hydroxylation sites is 1. The van der Waals surface area contributed by atoms with E-state index in [4.69, 9.17) is 9.84 Å². The number of ether oxygens (including phenoxy) is 1. The summed E-state index contributed by atoms with van der Waals surface area (Å²) in [6, 6.07) is 25.0. The molecule has 0 atom stereocenters. The Kier molecular flexibility index (Phi) is 6.83. The molecule has 2 aromatic heterocycles. The molecule has 2 heterocycles. The lowest BCUT2D eigenvalue weighted by Crippen LogP contribution is -2.21. The van der Waals surface area contributed by atoms with Crippen LogP contribution < -0.4 is 15.4 Å². The van der Waals surface area contributed by atoms with Crippen LogP contribution in [0.4, 0.5) is 16.3 Å². The summed E-state index contributed by atoms with van der Waals surface area (Å²) in [7, 11) is 0. The van der Waals surface area contributed by atoms with E-state index in [9.17, 15) is 4.79 Å². The average molecular weight is 506 g/mol. The van der Waals surface area contributed by atoms with Crippen molar-refractivity contribution in [1.29, 1.82) is 0 Å². The van der Waals surface area contributed by atoms with Crippen molar-refractivity contribution >= 4 is 28.3 Å². The second-order valence-electron chi connectivity index (χ2n) is 10.2. The quantitative estimate of drug-likeness (QED) is 0.255. The number of amides is 2. The molecule has 192 valence electrons. The Morgan fingerprint density at radius 3 is 2.34 bits per heavy atom. The van der Waals surface area contributed by atoms with Gasteiger partial charge in [0.2, 0.25) is 0 Å². The summed E-state index contributed by atoms with van der Waals surface area (Å²) in [6.45, 7) is 8.77. The van der Waals surface area contributed by atoms with Gasteiger partial charge >= 0.3 is 6.03 Å². The maximum atomic E-state index is 13.2. The molecule has 0 bridgehead atoms. The smallest absolute Gasteiger partial charge is 0.324 e. The van der Waals surface area contributed by atoms with E-state index in [1.165, 1.54) is 0 Å². The maximum Gasteiger partial charge on any atom is 0.324 e. The summed E-state index contributed by atoms with van der Waals surface area (Å²) in [6.07, 6.45) is 3.50. The molecule has 7 heteroatoms. The molecular formula is C31H31N5O2.